The summed E-state index contributed by atoms with van der Waals surface area (Å²) in [5.41, 5.74) is 0.913. The Labute approximate surface area is 201 Å². The van der Waals surface area contributed by atoms with Gasteiger partial charge >= 0.3 is 0 Å². The number of benzene rings is 2. The summed E-state index contributed by atoms with van der Waals surface area (Å²) in [6.45, 7) is 2.61. The van der Waals surface area contributed by atoms with Crippen LogP contribution in [-0.2, 0) is 16.6 Å². The van der Waals surface area contributed by atoms with E-state index >= 15 is 0 Å². The third-order valence-corrected chi connectivity index (χ3v) is 8.18. The number of carbonyl (C=O) groups is 1. The highest BCUT2D eigenvalue weighted by molar-refractivity contribution is 7.89. The molecule has 0 aliphatic carbocycles. The molecule has 6 nitrogen and oxygen atoms in total. The molecule has 3 rings (SSSR count). The number of nitrogens with zero attached hydrogens (tertiary/aromatic N) is 3. The van der Waals surface area contributed by atoms with Gasteiger partial charge in [0.1, 0.15) is 0 Å². The zero-order valence-electron chi connectivity index (χ0n) is 17.5. The lowest BCUT2D eigenvalue weighted by molar-refractivity contribution is 0.0998. The number of thiazole rings is 1. The Balaban J connectivity index is 1.97. The number of halogens is 2. The molecule has 0 radical (unpaired) electrons. The first-order valence-corrected chi connectivity index (χ1v) is 12.8. The van der Waals surface area contributed by atoms with Crippen molar-refractivity contribution in [1.82, 2.24) is 8.87 Å². The predicted octanol–water partition coefficient (Wildman–Crippen LogP) is 4.80. The van der Waals surface area contributed by atoms with Crippen molar-refractivity contribution in [3.05, 3.63) is 56.8 Å². The van der Waals surface area contributed by atoms with Gasteiger partial charge in [-0.2, -0.15) is 4.99 Å². The average molecular weight is 510 g/mol. The lowest BCUT2D eigenvalue weighted by Crippen LogP contribution is -2.27. The van der Waals surface area contributed by atoms with Gasteiger partial charge in [0.25, 0.3) is 5.91 Å². The molecular weight excluding hydrogens is 489 g/mol. The molecule has 0 fully saturated rings. The van der Waals surface area contributed by atoms with Crippen LogP contribution in [-0.4, -0.2) is 36.8 Å². The van der Waals surface area contributed by atoms with Gasteiger partial charge in [0, 0.05) is 24.2 Å². The van der Waals surface area contributed by atoms with E-state index in [0.29, 0.717) is 26.9 Å². The number of aromatic nitrogens is 1. The van der Waals surface area contributed by atoms with E-state index < -0.39 is 15.9 Å². The van der Waals surface area contributed by atoms with E-state index in [2.05, 4.69) is 10.9 Å². The molecule has 3 aromatic rings. The van der Waals surface area contributed by atoms with Gasteiger partial charge in [0.15, 0.2) is 4.80 Å². The fourth-order valence-corrected chi connectivity index (χ4v) is 6.07. The molecule has 1 heterocycles. The van der Waals surface area contributed by atoms with Crippen LogP contribution in [0.2, 0.25) is 10.0 Å². The molecule has 1 aromatic heterocycles. The number of hydrogen-bond acceptors (Lipinski definition) is 4. The third-order valence-electron chi connectivity index (χ3n) is 4.78. The first-order chi connectivity index (χ1) is 15.2. The molecule has 0 N–H and O–H groups in total. The van der Waals surface area contributed by atoms with Gasteiger partial charge in [-0.05, 0) is 42.8 Å². The molecule has 0 saturated carbocycles. The number of sulfonamides is 1. The summed E-state index contributed by atoms with van der Waals surface area (Å²) in [6, 6.07) is 9.07. The van der Waals surface area contributed by atoms with Crippen molar-refractivity contribution in [2.75, 3.05) is 13.6 Å². The minimum Gasteiger partial charge on any atom is -0.303 e. The number of terminal acetylenes is 1. The molecule has 10 heteroatoms. The molecule has 0 spiro atoms. The molecule has 32 heavy (non-hydrogen) atoms. The van der Waals surface area contributed by atoms with Crippen molar-refractivity contribution in [2.24, 2.45) is 4.99 Å². The second kappa shape index (κ2) is 10.2. The van der Waals surface area contributed by atoms with Crippen LogP contribution in [0.1, 0.15) is 30.1 Å². The highest BCUT2D eigenvalue weighted by Crippen LogP contribution is 2.29. The number of rotatable bonds is 7. The molecule has 0 aliphatic rings. The number of amides is 1. The highest BCUT2D eigenvalue weighted by Gasteiger charge is 2.20. The molecule has 0 unspecified atom stereocenters. The Hall–Kier alpha value is -2.15. The van der Waals surface area contributed by atoms with Crippen LogP contribution in [0.5, 0.6) is 0 Å². The third kappa shape index (κ3) is 5.08. The number of hydrogen-bond donors (Lipinski definition) is 0. The smallest absolute Gasteiger partial charge is 0.279 e. The van der Waals surface area contributed by atoms with Gasteiger partial charge in [-0.25, -0.2) is 12.7 Å². The Bertz CT molecular complexity index is 1370. The van der Waals surface area contributed by atoms with E-state index in [4.69, 9.17) is 29.6 Å². The Morgan fingerprint density at radius 1 is 1.25 bits per heavy atom. The minimum absolute atomic E-state index is 0.123. The van der Waals surface area contributed by atoms with E-state index in [-0.39, 0.29) is 17.0 Å². The van der Waals surface area contributed by atoms with Crippen LogP contribution in [0, 0.1) is 12.3 Å². The maximum Gasteiger partial charge on any atom is 0.279 e. The van der Waals surface area contributed by atoms with E-state index in [0.717, 1.165) is 17.5 Å². The molecule has 0 aliphatic heterocycles. The van der Waals surface area contributed by atoms with E-state index in [9.17, 15) is 13.2 Å². The molecule has 1 amide bonds. The Morgan fingerprint density at radius 2 is 1.94 bits per heavy atom. The van der Waals surface area contributed by atoms with Crippen molar-refractivity contribution in [1.29, 1.82) is 0 Å². The standard InChI is InChI=1S/C22H21Cl2N3O3S2/c1-4-6-12-26(3)32(29,30)17-9-7-15(8-10-17)21(28)25-22-27(11-5-2)20-18(24)13-16(23)14-19(20)31-22/h2,7-10,13-14H,4,6,11-12H2,1,3H3. The largest absolute Gasteiger partial charge is 0.303 e. The zero-order chi connectivity index (χ0) is 23.5. The van der Waals surface area contributed by atoms with Gasteiger partial charge in [-0.1, -0.05) is 53.8 Å². The van der Waals surface area contributed by atoms with Crippen molar-refractivity contribution in [2.45, 2.75) is 31.2 Å². The fraction of sp³-hybridized carbons (Fsp3) is 0.273. The quantitative estimate of drug-likeness (QED) is 0.429. The first kappa shape index (κ1) is 24.5. The first-order valence-electron chi connectivity index (χ1n) is 9.76. The maximum atomic E-state index is 12.8. The monoisotopic (exact) mass is 509 g/mol. The van der Waals surface area contributed by atoms with Crippen LogP contribution in [0.25, 0.3) is 10.2 Å². The van der Waals surface area contributed by atoms with Gasteiger partial charge in [0.2, 0.25) is 10.0 Å². The zero-order valence-corrected chi connectivity index (χ0v) is 20.7. The summed E-state index contributed by atoms with van der Waals surface area (Å²) >= 11 is 13.7. The van der Waals surface area contributed by atoms with Gasteiger partial charge in [-0.3, -0.25) is 4.79 Å². The number of carbonyl (C=O) groups excluding carboxylic acids is 1. The SMILES string of the molecule is C#CCn1c(=NC(=O)c2ccc(S(=O)(=O)N(C)CCCC)cc2)sc2cc(Cl)cc(Cl)c21. The van der Waals surface area contributed by atoms with Crippen molar-refractivity contribution < 1.29 is 13.2 Å². The number of unbranched alkanes of at least 4 members (excludes halogenated alkanes) is 1. The minimum atomic E-state index is -3.61. The second-order valence-corrected chi connectivity index (χ2v) is 10.9. The average Bonchev–Trinajstić information content (AvgIpc) is 3.09. The maximum absolute atomic E-state index is 12.8. The fourth-order valence-electron chi connectivity index (χ4n) is 3.05. The predicted molar refractivity (Wildman–Crippen MR) is 130 cm³/mol. The summed E-state index contributed by atoms with van der Waals surface area (Å²) in [5, 5.41) is 0.879. The molecule has 0 atom stereocenters. The van der Waals surface area contributed by atoms with E-state index in [1.54, 1.807) is 23.7 Å². The van der Waals surface area contributed by atoms with Gasteiger partial charge in [0.05, 0.1) is 26.7 Å². The molecule has 168 valence electrons. The second-order valence-electron chi connectivity index (χ2n) is 7.03. The van der Waals surface area contributed by atoms with Crippen molar-refractivity contribution >= 4 is 60.7 Å². The van der Waals surface area contributed by atoms with Crippen molar-refractivity contribution in [3.8, 4) is 12.3 Å². The van der Waals surface area contributed by atoms with E-state index in [1.165, 1.54) is 39.9 Å². The van der Waals surface area contributed by atoms with Crippen LogP contribution in [0.4, 0.5) is 0 Å². The Morgan fingerprint density at radius 3 is 2.56 bits per heavy atom. The normalized spacial score (nSPS) is 12.4. The summed E-state index contributed by atoms with van der Waals surface area (Å²) in [6.07, 6.45) is 7.15. The number of fused-ring (bicyclic) bond motifs is 1. The highest BCUT2D eigenvalue weighted by atomic mass is 35.5. The molecular formula is C22H21Cl2N3O3S2. The molecule has 0 saturated heterocycles. The van der Waals surface area contributed by atoms with Gasteiger partial charge in [-0.15, -0.1) is 6.42 Å². The summed E-state index contributed by atoms with van der Waals surface area (Å²) in [5.74, 6) is 2.02. The summed E-state index contributed by atoms with van der Waals surface area (Å²) < 4.78 is 29.1. The van der Waals surface area contributed by atoms with E-state index in [1.807, 2.05) is 6.92 Å². The Kier molecular flexibility index (Phi) is 7.80. The summed E-state index contributed by atoms with van der Waals surface area (Å²) in [7, 11) is -2.07. The van der Waals surface area contributed by atoms with Crippen LogP contribution >= 0.6 is 34.5 Å². The molecule has 0 bridgehead atoms. The van der Waals surface area contributed by atoms with Crippen LogP contribution in [0.15, 0.2) is 46.3 Å². The topological polar surface area (TPSA) is 71.7 Å². The van der Waals surface area contributed by atoms with Crippen LogP contribution < -0.4 is 4.80 Å². The summed E-state index contributed by atoms with van der Waals surface area (Å²) in [4.78, 5) is 17.5. The van der Waals surface area contributed by atoms with Gasteiger partial charge < -0.3 is 4.57 Å². The lowest BCUT2D eigenvalue weighted by atomic mass is 10.2. The van der Waals surface area contributed by atoms with Crippen molar-refractivity contribution in [3.63, 3.8) is 0 Å². The molecule has 2 aromatic carbocycles. The lowest BCUT2D eigenvalue weighted by Gasteiger charge is -2.16. The van der Waals surface area contributed by atoms with Crippen LogP contribution in [0.3, 0.4) is 0 Å².